The van der Waals surface area contributed by atoms with Gasteiger partial charge < -0.3 is 5.32 Å². The number of aromatic nitrogens is 2. The van der Waals surface area contributed by atoms with Gasteiger partial charge in [-0.25, -0.2) is 4.68 Å². The summed E-state index contributed by atoms with van der Waals surface area (Å²) in [4.78, 5) is 0. The fourth-order valence-corrected chi connectivity index (χ4v) is 3.06. The zero-order valence-electron chi connectivity index (χ0n) is 11.5. The van der Waals surface area contributed by atoms with E-state index in [0.717, 1.165) is 27.7 Å². The minimum Gasteiger partial charge on any atom is -0.359 e. The fraction of sp³-hybridized carbons (Fsp3) is 0.118. The number of anilines is 1. The summed E-state index contributed by atoms with van der Waals surface area (Å²) in [5.41, 5.74) is 5.54. The summed E-state index contributed by atoms with van der Waals surface area (Å²) in [6.45, 7) is 2.02. The van der Waals surface area contributed by atoms with Crippen molar-refractivity contribution in [2.45, 2.75) is 13.1 Å². The molecule has 4 heteroatoms. The average molecular weight is 296 g/mol. The Hall–Kier alpha value is -2.26. The number of aryl methyl sites for hydroxylation is 1. The van der Waals surface area contributed by atoms with Crippen LogP contribution in [0.5, 0.6) is 0 Å². The second kappa shape index (κ2) is 4.64. The van der Waals surface area contributed by atoms with Gasteiger partial charge in [-0.05, 0) is 36.8 Å². The lowest BCUT2D eigenvalue weighted by atomic mass is 10.0. The molecule has 1 atom stereocenters. The summed E-state index contributed by atoms with van der Waals surface area (Å²) >= 11 is 6.14. The Labute approximate surface area is 128 Å². The molecule has 0 radical (unpaired) electrons. The van der Waals surface area contributed by atoms with Crippen molar-refractivity contribution >= 4 is 17.3 Å². The molecule has 21 heavy (non-hydrogen) atoms. The van der Waals surface area contributed by atoms with Crippen LogP contribution in [0.4, 0.5) is 5.69 Å². The highest BCUT2D eigenvalue weighted by Crippen LogP contribution is 2.38. The molecule has 2 heterocycles. The summed E-state index contributed by atoms with van der Waals surface area (Å²) in [5, 5.41) is 8.94. The molecule has 0 aliphatic carbocycles. The molecule has 1 N–H and O–H groups in total. The van der Waals surface area contributed by atoms with Crippen LogP contribution in [0, 0.1) is 6.92 Å². The van der Waals surface area contributed by atoms with Crippen molar-refractivity contribution < 1.29 is 0 Å². The third-order valence-electron chi connectivity index (χ3n) is 3.76. The van der Waals surface area contributed by atoms with E-state index < -0.39 is 0 Å². The van der Waals surface area contributed by atoms with Gasteiger partial charge in [-0.3, -0.25) is 0 Å². The van der Waals surface area contributed by atoms with E-state index in [4.69, 9.17) is 11.6 Å². The quantitative estimate of drug-likeness (QED) is 0.717. The molecule has 1 aliphatic rings. The van der Waals surface area contributed by atoms with Gasteiger partial charge in [0.1, 0.15) is 6.17 Å². The maximum Gasteiger partial charge on any atom is 0.147 e. The number of hydrogen-bond acceptors (Lipinski definition) is 2. The Morgan fingerprint density at radius 1 is 1.10 bits per heavy atom. The van der Waals surface area contributed by atoms with Crippen LogP contribution in [0.25, 0.3) is 11.3 Å². The van der Waals surface area contributed by atoms with E-state index in [1.54, 1.807) is 0 Å². The van der Waals surface area contributed by atoms with Gasteiger partial charge in [0.15, 0.2) is 0 Å². The largest absolute Gasteiger partial charge is 0.359 e. The maximum atomic E-state index is 6.14. The highest BCUT2D eigenvalue weighted by Gasteiger charge is 2.26. The van der Waals surface area contributed by atoms with E-state index in [2.05, 4.69) is 34.7 Å². The molecule has 0 amide bonds. The number of nitrogens with one attached hydrogen (secondary N) is 1. The lowest BCUT2D eigenvalue weighted by Gasteiger charge is -2.29. The monoisotopic (exact) mass is 295 g/mol. The standard InChI is InChI=1S/C17H14ClN3/c1-11-9-16-14-7-2-3-8-15(14)19-17(21(16)20-11)12-5-4-6-13(18)10-12/h2-10,17,19H,1H3/t17-/m0/s1. The highest BCUT2D eigenvalue weighted by molar-refractivity contribution is 6.30. The van der Waals surface area contributed by atoms with Crippen LogP contribution >= 0.6 is 11.6 Å². The predicted octanol–water partition coefficient (Wildman–Crippen LogP) is 4.48. The molecule has 2 aromatic carbocycles. The number of fused-ring (bicyclic) bond motifs is 3. The third kappa shape index (κ3) is 2.01. The number of halogens is 1. The summed E-state index contributed by atoms with van der Waals surface area (Å²) in [5.74, 6) is 0. The van der Waals surface area contributed by atoms with E-state index in [9.17, 15) is 0 Å². The first-order valence-corrected chi connectivity index (χ1v) is 7.28. The van der Waals surface area contributed by atoms with Crippen LogP contribution in [0.3, 0.4) is 0 Å². The molecule has 0 unspecified atom stereocenters. The molecule has 0 fully saturated rings. The number of benzene rings is 2. The van der Waals surface area contributed by atoms with Crippen molar-refractivity contribution in [3.8, 4) is 11.3 Å². The first-order chi connectivity index (χ1) is 10.2. The first-order valence-electron chi connectivity index (χ1n) is 6.90. The number of para-hydroxylation sites is 1. The van der Waals surface area contributed by atoms with Crippen LogP contribution in [-0.4, -0.2) is 9.78 Å². The minimum absolute atomic E-state index is 0.0395. The number of rotatable bonds is 1. The predicted molar refractivity (Wildman–Crippen MR) is 85.6 cm³/mol. The van der Waals surface area contributed by atoms with Gasteiger partial charge in [-0.15, -0.1) is 0 Å². The smallest absolute Gasteiger partial charge is 0.147 e. The molecule has 104 valence electrons. The summed E-state index contributed by atoms with van der Waals surface area (Å²) in [6.07, 6.45) is -0.0395. The Bertz CT molecular complexity index is 822. The minimum atomic E-state index is -0.0395. The van der Waals surface area contributed by atoms with Gasteiger partial charge in [-0.2, -0.15) is 5.10 Å². The third-order valence-corrected chi connectivity index (χ3v) is 4.00. The van der Waals surface area contributed by atoms with Crippen LogP contribution in [0.2, 0.25) is 5.02 Å². The van der Waals surface area contributed by atoms with E-state index >= 15 is 0 Å². The van der Waals surface area contributed by atoms with Crippen molar-refractivity contribution in [2.24, 2.45) is 0 Å². The van der Waals surface area contributed by atoms with E-state index in [1.807, 2.05) is 41.9 Å². The molecular formula is C17H14ClN3. The van der Waals surface area contributed by atoms with Gasteiger partial charge >= 0.3 is 0 Å². The van der Waals surface area contributed by atoms with Crippen molar-refractivity contribution in [1.29, 1.82) is 0 Å². The van der Waals surface area contributed by atoms with Gasteiger partial charge in [0.05, 0.1) is 11.4 Å². The normalized spacial score (nSPS) is 16.0. The van der Waals surface area contributed by atoms with E-state index in [-0.39, 0.29) is 6.17 Å². The Kier molecular flexibility index (Phi) is 2.76. The molecule has 1 aromatic heterocycles. The molecule has 3 nitrogen and oxygen atoms in total. The van der Waals surface area contributed by atoms with Crippen molar-refractivity contribution in [1.82, 2.24) is 9.78 Å². The Morgan fingerprint density at radius 2 is 1.95 bits per heavy atom. The molecular weight excluding hydrogens is 282 g/mol. The van der Waals surface area contributed by atoms with Crippen LogP contribution in [0.1, 0.15) is 17.4 Å². The second-order valence-corrected chi connectivity index (χ2v) is 5.70. The maximum absolute atomic E-state index is 6.14. The summed E-state index contributed by atoms with van der Waals surface area (Å²) in [7, 11) is 0. The van der Waals surface area contributed by atoms with Gasteiger partial charge in [0.25, 0.3) is 0 Å². The molecule has 1 aliphatic heterocycles. The van der Waals surface area contributed by atoms with Crippen molar-refractivity contribution in [3.63, 3.8) is 0 Å². The van der Waals surface area contributed by atoms with Gasteiger partial charge in [0.2, 0.25) is 0 Å². The van der Waals surface area contributed by atoms with Crippen molar-refractivity contribution in [3.05, 3.63) is 70.9 Å². The number of nitrogens with zero attached hydrogens (tertiary/aromatic N) is 2. The summed E-state index contributed by atoms with van der Waals surface area (Å²) in [6, 6.07) is 18.3. The lowest BCUT2D eigenvalue weighted by molar-refractivity contribution is 0.571. The average Bonchev–Trinajstić information content (AvgIpc) is 2.88. The Balaban J connectivity index is 1.92. The van der Waals surface area contributed by atoms with Gasteiger partial charge in [0, 0.05) is 16.3 Å². The zero-order chi connectivity index (χ0) is 14.4. The second-order valence-electron chi connectivity index (χ2n) is 5.26. The van der Waals surface area contributed by atoms with Gasteiger partial charge in [-0.1, -0.05) is 41.9 Å². The molecule has 0 saturated carbocycles. The lowest BCUT2D eigenvalue weighted by Crippen LogP contribution is -2.25. The Morgan fingerprint density at radius 3 is 2.81 bits per heavy atom. The van der Waals surface area contributed by atoms with Crippen molar-refractivity contribution in [2.75, 3.05) is 5.32 Å². The van der Waals surface area contributed by atoms with E-state index in [0.29, 0.717) is 0 Å². The zero-order valence-corrected chi connectivity index (χ0v) is 12.3. The molecule has 4 rings (SSSR count). The van der Waals surface area contributed by atoms with E-state index in [1.165, 1.54) is 5.56 Å². The molecule has 0 spiro atoms. The first kappa shape index (κ1) is 12.5. The SMILES string of the molecule is Cc1cc2n(n1)[C@@H](c1cccc(Cl)c1)Nc1ccccc1-2. The molecule has 0 bridgehead atoms. The molecule has 0 saturated heterocycles. The summed E-state index contributed by atoms with van der Waals surface area (Å²) < 4.78 is 2.03. The van der Waals surface area contributed by atoms with Crippen LogP contribution in [-0.2, 0) is 0 Å². The van der Waals surface area contributed by atoms with Crippen LogP contribution < -0.4 is 5.32 Å². The number of hydrogen-bond donors (Lipinski definition) is 1. The highest BCUT2D eigenvalue weighted by atomic mass is 35.5. The van der Waals surface area contributed by atoms with Crippen LogP contribution in [0.15, 0.2) is 54.6 Å². The fourth-order valence-electron chi connectivity index (χ4n) is 2.86. The topological polar surface area (TPSA) is 29.9 Å². The molecule has 3 aromatic rings.